The van der Waals surface area contributed by atoms with Crippen molar-refractivity contribution in [3.63, 3.8) is 0 Å². The van der Waals surface area contributed by atoms with Gasteiger partial charge in [0.05, 0.1) is 24.5 Å². The van der Waals surface area contributed by atoms with Gasteiger partial charge in [0.25, 0.3) is 11.7 Å². The van der Waals surface area contributed by atoms with Crippen LogP contribution in [-0.2, 0) is 22.6 Å². The van der Waals surface area contributed by atoms with Crippen LogP contribution in [0, 0.1) is 0 Å². The topological polar surface area (TPSA) is 93.9 Å². The molecular formula is C29H31N3O5. The van der Waals surface area contributed by atoms with E-state index in [0.29, 0.717) is 31.7 Å². The number of Topliss-reactive ketones (excluding diaryl/α,β-unsaturated/α-hetero) is 1. The van der Waals surface area contributed by atoms with Crippen molar-refractivity contribution < 1.29 is 24.2 Å². The molecular weight excluding hydrogens is 470 g/mol. The monoisotopic (exact) mass is 501 g/mol. The summed E-state index contributed by atoms with van der Waals surface area (Å²) in [7, 11) is 0. The number of aliphatic hydroxyl groups excluding tert-OH is 1. The van der Waals surface area contributed by atoms with E-state index >= 15 is 0 Å². The third-order valence-corrected chi connectivity index (χ3v) is 6.75. The lowest BCUT2D eigenvalue weighted by Gasteiger charge is -2.25. The zero-order valence-electron chi connectivity index (χ0n) is 21.1. The van der Waals surface area contributed by atoms with Crippen LogP contribution in [-0.4, -0.2) is 50.5 Å². The molecule has 1 amide bonds. The minimum atomic E-state index is -0.702. The second kappa shape index (κ2) is 10.5. The smallest absolute Gasteiger partial charge is 0.295 e. The zero-order valence-corrected chi connectivity index (χ0v) is 21.1. The molecule has 0 bridgehead atoms. The average molecular weight is 502 g/mol. The Hall–Kier alpha value is -4.07. The number of likely N-dealkylation sites (tertiary alicyclic amines) is 1. The number of aryl methyl sites for hydroxylation is 1. The second-order valence-electron chi connectivity index (χ2n) is 9.52. The molecule has 192 valence electrons. The van der Waals surface area contributed by atoms with Crippen molar-refractivity contribution in [3.8, 4) is 11.5 Å². The lowest BCUT2D eigenvalue weighted by Crippen LogP contribution is -2.31. The Morgan fingerprint density at radius 3 is 2.70 bits per heavy atom. The molecule has 1 saturated heterocycles. The van der Waals surface area contributed by atoms with E-state index in [2.05, 4.69) is 4.98 Å². The first-order valence-corrected chi connectivity index (χ1v) is 12.7. The van der Waals surface area contributed by atoms with E-state index in [1.165, 1.54) is 0 Å². The van der Waals surface area contributed by atoms with Gasteiger partial charge in [-0.05, 0) is 61.2 Å². The first-order chi connectivity index (χ1) is 18.0. The van der Waals surface area contributed by atoms with Crippen LogP contribution >= 0.6 is 0 Å². The van der Waals surface area contributed by atoms with Gasteiger partial charge in [0.15, 0.2) is 0 Å². The maximum Gasteiger partial charge on any atom is 0.295 e. The SMILES string of the molecule is CCCOc1ccc([C@H]2/C(=C(\O)c3ccc4c(c3)C[C@H](C)O4)C(=O)C(=O)N2CCCn2ccnc2)cc1. The molecule has 8 nitrogen and oxygen atoms in total. The molecule has 37 heavy (non-hydrogen) atoms. The molecule has 2 aliphatic heterocycles. The Kier molecular flexibility index (Phi) is 6.99. The average Bonchev–Trinajstić information content (AvgIpc) is 3.61. The first-order valence-electron chi connectivity index (χ1n) is 12.7. The summed E-state index contributed by atoms with van der Waals surface area (Å²) in [6.45, 7) is 5.64. The van der Waals surface area contributed by atoms with E-state index in [-0.39, 0.29) is 17.4 Å². The largest absolute Gasteiger partial charge is 0.507 e. The molecule has 0 aliphatic carbocycles. The first kappa shape index (κ1) is 24.6. The van der Waals surface area contributed by atoms with Crippen LogP contribution in [0.1, 0.15) is 49.4 Å². The molecule has 2 aliphatic rings. The minimum Gasteiger partial charge on any atom is -0.507 e. The molecule has 3 heterocycles. The van der Waals surface area contributed by atoms with Gasteiger partial charge in [-0.1, -0.05) is 19.1 Å². The highest BCUT2D eigenvalue weighted by atomic mass is 16.5. The number of ketones is 1. The van der Waals surface area contributed by atoms with E-state index in [9.17, 15) is 14.7 Å². The number of rotatable bonds is 9. The van der Waals surface area contributed by atoms with E-state index in [1.807, 2.05) is 61.0 Å². The predicted octanol–water partition coefficient (Wildman–Crippen LogP) is 4.51. The number of fused-ring (bicyclic) bond motifs is 1. The molecule has 8 heteroatoms. The van der Waals surface area contributed by atoms with E-state index in [1.54, 1.807) is 23.5 Å². The van der Waals surface area contributed by atoms with Crippen LogP contribution < -0.4 is 9.47 Å². The Morgan fingerprint density at radius 2 is 1.97 bits per heavy atom. The van der Waals surface area contributed by atoms with Crippen LogP contribution in [0.15, 0.2) is 66.8 Å². The number of hydrogen-bond donors (Lipinski definition) is 1. The van der Waals surface area contributed by atoms with Gasteiger partial charge in [-0.2, -0.15) is 0 Å². The number of aromatic nitrogens is 2. The standard InChI is InChI=1S/C29H31N3O5/c1-3-15-36-23-8-5-20(6-9-23)26-25(27(33)21-7-10-24-22(17-21)16-19(2)37-24)28(34)29(35)32(26)13-4-12-31-14-11-30-18-31/h5-11,14,17-19,26,33H,3-4,12-13,15-16H2,1-2H3/b27-25+/t19-,26-/m0/s1. The van der Waals surface area contributed by atoms with Gasteiger partial charge < -0.3 is 24.0 Å². The number of carbonyl (C=O) groups is 2. The van der Waals surface area contributed by atoms with Crippen LogP contribution in [0.4, 0.5) is 0 Å². The van der Waals surface area contributed by atoms with Gasteiger partial charge in [-0.25, -0.2) is 4.98 Å². The fourth-order valence-electron chi connectivity index (χ4n) is 4.99. The molecule has 1 N–H and O–H groups in total. The number of carbonyl (C=O) groups excluding carboxylic acids is 2. The van der Waals surface area contributed by atoms with E-state index in [0.717, 1.165) is 35.5 Å². The van der Waals surface area contributed by atoms with E-state index < -0.39 is 17.7 Å². The molecule has 2 atom stereocenters. The van der Waals surface area contributed by atoms with Crippen molar-refractivity contribution in [2.75, 3.05) is 13.2 Å². The Balaban J connectivity index is 1.50. The van der Waals surface area contributed by atoms with Crippen LogP contribution in [0.2, 0.25) is 0 Å². The summed E-state index contributed by atoms with van der Waals surface area (Å²) >= 11 is 0. The Labute approximate surface area is 216 Å². The second-order valence-corrected chi connectivity index (χ2v) is 9.52. The number of benzene rings is 2. The summed E-state index contributed by atoms with van der Waals surface area (Å²) in [4.78, 5) is 32.2. The molecule has 1 fully saturated rings. The lowest BCUT2D eigenvalue weighted by atomic mass is 9.94. The maximum absolute atomic E-state index is 13.3. The van der Waals surface area contributed by atoms with E-state index in [4.69, 9.17) is 9.47 Å². The van der Waals surface area contributed by atoms with Gasteiger partial charge >= 0.3 is 0 Å². The molecule has 5 rings (SSSR count). The number of amides is 1. The highest BCUT2D eigenvalue weighted by molar-refractivity contribution is 6.46. The van der Waals surface area contributed by atoms with Crippen molar-refractivity contribution in [3.05, 3.63) is 83.4 Å². The fraction of sp³-hybridized carbons (Fsp3) is 0.345. The fourth-order valence-corrected chi connectivity index (χ4v) is 4.99. The van der Waals surface area contributed by atoms with Gasteiger partial charge in [0.2, 0.25) is 0 Å². The molecule has 1 aromatic heterocycles. The summed E-state index contributed by atoms with van der Waals surface area (Å²) in [5, 5.41) is 11.4. The highest BCUT2D eigenvalue weighted by Gasteiger charge is 2.45. The lowest BCUT2D eigenvalue weighted by molar-refractivity contribution is -0.139. The normalized spacial score (nSPS) is 20.2. The number of hydrogen-bond acceptors (Lipinski definition) is 6. The molecule has 0 radical (unpaired) electrons. The van der Waals surface area contributed by atoms with Crippen LogP contribution in [0.5, 0.6) is 11.5 Å². The van der Waals surface area contributed by atoms with Crippen molar-refractivity contribution in [2.24, 2.45) is 0 Å². The summed E-state index contributed by atoms with van der Waals surface area (Å²) in [5.41, 5.74) is 2.31. The molecule has 3 aromatic rings. The van der Waals surface area contributed by atoms with Gasteiger partial charge in [0, 0.05) is 37.5 Å². The minimum absolute atomic E-state index is 0.0573. The molecule has 0 spiro atoms. The predicted molar refractivity (Wildman–Crippen MR) is 138 cm³/mol. The van der Waals surface area contributed by atoms with Crippen molar-refractivity contribution in [1.82, 2.24) is 14.5 Å². The summed E-state index contributed by atoms with van der Waals surface area (Å²) < 4.78 is 13.4. The molecule has 2 aromatic carbocycles. The van der Waals surface area contributed by atoms with Crippen molar-refractivity contribution in [1.29, 1.82) is 0 Å². The third kappa shape index (κ3) is 4.96. The number of ether oxygens (including phenoxy) is 2. The van der Waals surface area contributed by atoms with Gasteiger partial charge in [-0.15, -0.1) is 0 Å². The third-order valence-electron chi connectivity index (χ3n) is 6.75. The van der Waals surface area contributed by atoms with Gasteiger partial charge in [-0.3, -0.25) is 9.59 Å². The van der Waals surface area contributed by atoms with Crippen molar-refractivity contribution >= 4 is 17.4 Å². The Bertz CT molecular complexity index is 1310. The van der Waals surface area contributed by atoms with Crippen LogP contribution in [0.25, 0.3) is 5.76 Å². The van der Waals surface area contributed by atoms with Crippen LogP contribution in [0.3, 0.4) is 0 Å². The quantitative estimate of drug-likeness (QED) is 0.264. The number of imidazole rings is 1. The van der Waals surface area contributed by atoms with Crippen molar-refractivity contribution in [2.45, 2.75) is 51.8 Å². The highest BCUT2D eigenvalue weighted by Crippen LogP contribution is 2.41. The molecule has 0 saturated carbocycles. The van der Waals surface area contributed by atoms with Gasteiger partial charge in [0.1, 0.15) is 23.4 Å². The zero-order chi connectivity index (χ0) is 25.9. The summed E-state index contributed by atoms with van der Waals surface area (Å²) in [5.74, 6) is 0.0379. The Morgan fingerprint density at radius 1 is 1.16 bits per heavy atom. The maximum atomic E-state index is 13.3. The molecule has 0 unspecified atom stereocenters. The number of nitrogens with zero attached hydrogens (tertiary/aromatic N) is 3. The summed E-state index contributed by atoms with van der Waals surface area (Å²) in [6.07, 6.45) is 7.59. The number of aliphatic hydroxyl groups is 1. The summed E-state index contributed by atoms with van der Waals surface area (Å²) in [6, 6.07) is 12.1.